The van der Waals surface area contributed by atoms with E-state index >= 15 is 0 Å². The topological polar surface area (TPSA) is 52.7 Å². The van der Waals surface area contributed by atoms with E-state index in [0.29, 0.717) is 25.4 Å². The van der Waals surface area contributed by atoms with Crippen LogP contribution in [-0.2, 0) is 9.59 Å². The quantitative estimate of drug-likeness (QED) is 0.863. The molecule has 1 aromatic rings. The first-order valence-electron chi connectivity index (χ1n) is 8.91. The molecule has 0 bridgehead atoms. The molecule has 2 aliphatic heterocycles. The van der Waals surface area contributed by atoms with Crippen molar-refractivity contribution in [2.75, 3.05) is 31.1 Å². The van der Waals surface area contributed by atoms with E-state index in [1.165, 1.54) is 5.56 Å². The molecule has 0 saturated carbocycles. The summed E-state index contributed by atoms with van der Waals surface area (Å²) in [6, 6.07) is 8.28. The molecule has 2 aliphatic rings. The van der Waals surface area contributed by atoms with Crippen molar-refractivity contribution in [1.29, 1.82) is 0 Å². The number of amides is 2. The predicted molar refractivity (Wildman–Crippen MR) is 95.0 cm³/mol. The summed E-state index contributed by atoms with van der Waals surface area (Å²) < 4.78 is 0. The van der Waals surface area contributed by atoms with Crippen molar-refractivity contribution in [3.8, 4) is 0 Å². The van der Waals surface area contributed by atoms with E-state index in [1.54, 1.807) is 4.90 Å². The first-order chi connectivity index (χ1) is 11.5. The van der Waals surface area contributed by atoms with Gasteiger partial charge in [-0.1, -0.05) is 26.0 Å². The first-order valence-corrected chi connectivity index (χ1v) is 8.91. The Morgan fingerprint density at radius 3 is 2.54 bits per heavy atom. The molecular weight excluding hydrogens is 302 g/mol. The number of hydrogen-bond acceptors (Lipinski definition) is 3. The summed E-state index contributed by atoms with van der Waals surface area (Å²) in [6.07, 6.45) is 0.611. The summed E-state index contributed by atoms with van der Waals surface area (Å²) in [4.78, 5) is 29.2. The number of carbonyl (C=O) groups is 2. The summed E-state index contributed by atoms with van der Waals surface area (Å²) in [5.74, 6) is -0.106. The maximum atomic E-state index is 12.8. The van der Waals surface area contributed by atoms with E-state index in [2.05, 4.69) is 31.3 Å². The maximum absolute atomic E-state index is 12.8. The van der Waals surface area contributed by atoms with Crippen LogP contribution in [0.1, 0.15) is 38.7 Å². The molecule has 2 atom stereocenters. The van der Waals surface area contributed by atoms with Crippen molar-refractivity contribution < 1.29 is 9.59 Å². The third-order valence-corrected chi connectivity index (χ3v) is 5.16. The predicted octanol–water partition coefficient (Wildman–Crippen LogP) is 1.98. The van der Waals surface area contributed by atoms with E-state index < -0.39 is 5.92 Å². The molecule has 0 radical (unpaired) electrons. The Morgan fingerprint density at radius 2 is 1.92 bits per heavy atom. The molecule has 3 rings (SSSR count). The molecule has 2 amide bonds. The van der Waals surface area contributed by atoms with E-state index in [1.807, 2.05) is 24.0 Å². The molecule has 1 N–H and O–H groups in total. The first kappa shape index (κ1) is 17.0. The summed E-state index contributed by atoms with van der Waals surface area (Å²) in [5.41, 5.74) is 2.15. The van der Waals surface area contributed by atoms with E-state index in [0.717, 1.165) is 18.8 Å². The van der Waals surface area contributed by atoms with Gasteiger partial charge in [-0.15, -0.1) is 0 Å². The molecule has 0 spiro atoms. The summed E-state index contributed by atoms with van der Waals surface area (Å²) in [6.45, 7) is 9.25. The molecule has 0 aliphatic carbocycles. The second-order valence-corrected chi connectivity index (χ2v) is 7.16. The van der Waals surface area contributed by atoms with Gasteiger partial charge >= 0.3 is 0 Å². The fourth-order valence-corrected chi connectivity index (χ4v) is 3.57. The maximum Gasteiger partial charge on any atom is 0.239 e. The van der Waals surface area contributed by atoms with Crippen molar-refractivity contribution in [2.45, 2.75) is 39.2 Å². The van der Waals surface area contributed by atoms with Gasteiger partial charge in [-0.3, -0.25) is 9.59 Å². The third-order valence-electron chi connectivity index (χ3n) is 5.16. The number of benzene rings is 1. The van der Waals surface area contributed by atoms with Crippen LogP contribution in [0.4, 0.5) is 5.69 Å². The van der Waals surface area contributed by atoms with Crippen molar-refractivity contribution >= 4 is 17.5 Å². The highest BCUT2D eigenvalue weighted by Crippen LogP contribution is 2.28. The van der Waals surface area contributed by atoms with Gasteiger partial charge in [0.25, 0.3) is 0 Å². The zero-order valence-corrected chi connectivity index (χ0v) is 14.8. The molecule has 1 aromatic carbocycles. The van der Waals surface area contributed by atoms with Gasteiger partial charge in [0.2, 0.25) is 11.8 Å². The minimum Gasteiger partial charge on any atom is -0.337 e. The van der Waals surface area contributed by atoms with E-state index in [9.17, 15) is 9.59 Å². The molecule has 2 saturated heterocycles. The van der Waals surface area contributed by atoms with Crippen LogP contribution < -0.4 is 10.2 Å². The molecule has 5 nitrogen and oxygen atoms in total. The smallest absolute Gasteiger partial charge is 0.239 e. The van der Waals surface area contributed by atoms with Gasteiger partial charge in [0.1, 0.15) is 5.92 Å². The highest BCUT2D eigenvalue weighted by molar-refractivity contribution is 6.09. The van der Waals surface area contributed by atoms with E-state index in [-0.39, 0.29) is 17.9 Å². The Kier molecular flexibility index (Phi) is 4.90. The molecule has 5 heteroatoms. The Hall–Kier alpha value is -1.88. The number of nitrogens with one attached hydrogen (secondary N) is 1. The lowest BCUT2D eigenvalue weighted by Crippen LogP contribution is -2.54. The molecule has 2 fully saturated rings. The average Bonchev–Trinajstić information content (AvgIpc) is 2.96. The molecule has 1 unspecified atom stereocenters. The molecule has 24 heavy (non-hydrogen) atoms. The van der Waals surface area contributed by atoms with Crippen LogP contribution in [0.25, 0.3) is 0 Å². The van der Waals surface area contributed by atoms with Crippen LogP contribution in [0.2, 0.25) is 0 Å². The summed E-state index contributed by atoms with van der Waals surface area (Å²) in [7, 11) is 0. The number of nitrogens with zero attached hydrogens (tertiary/aromatic N) is 2. The largest absolute Gasteiger partial charge is 0.337 e. The van der Waals surface area contributed by atoms with Crippen molar-refractivity contribution in [2.24, 2.45) is 5.92 Å². The van der Waals surface area contributed by atoms with Gasteiger partial charge in [-0.25, -0.2) is 0 Å². The van der Waals surface area contributed by atoms with Crippen LogP contribution in [0.3, 0.4) is 0 Å². The zero-order valence-electron chi connectivity index (χ0n) is 14.8. The van der Waals surface area contributed by atoms with Gasteiger partial charge in [0.05, 0.1) is 0 Å². The van der Waals surface area contributed by atoms with Crippen molar-refractivity contribution in [3.05, 3.63) is 29.8 Å². The Bertz CT molecular complexity index is 612. The van der Waals surface area contributed by atoms with Gasteiger partial charge in [0, 0.05) is 37.9 Å². The molecule has 2 heterocycles. The fourth-order valence-electron chi connectivity index (χ4n) is 3.57. The Morgan fingerprint density at radius 1 is 1.21 bits per heavy atom. The highest BCUT2D eigenvalue weighted by atomic mass is 16.2. The normalized spacial score (nSPS) is 24.8. The van der Waals surface area contributed by atoms with Crippen LogP contribution in [0, 0.1) is 5.92 Å². The van der Waals surface area contributed by atoms with Crippen LogP contribution in [0.5, 0.6) is 0 Å². The lowest BCUT2D eigenvalue weighted by Gasteiger charge is -2.35. The van der Waals surface area contributed by atoms with Crippen LogP contribution >= 0.6 is 0 Å². The lowest BCUT2D eigenvalue weighted by molar-refractivity contribution is -0.142. The minimum absolute atomic E-state index is 0.00435. The second-order valence-electron chi connectivity index (χ2n) is 7.16. The van der Waals surface area contributed by atoms with Crippen molar-refractivity contribution in [3.63, 3.8) is 0 Å². The second kappa shape index (κ2) is 6.93. The van der Waals surface area contributed by atoms with E-state index in [4.69, 9.17) is 0 Å². The van der Waals surface area contributed by atoms with Crippen LogP contribution in [-0.4, -0.2) is 48.9 Å². The van der Waals surface area contributed by atoms with Gasteiger partial charge < -0.3 is 15.1 Å². The fraction of sp³-hybridized carbons (Fsp3) is 0.579. The van der Waals surface area contributed by atoms with Crippen molar-refractivity contribution in [1.82, 2.24) is 10.2 Å². The third kappa shape index (κ3) is 3.18. The Labute approximate surface area is 144 Å². The minimum atomic E-state index is -0.518. The molecule has 0 aromatic heterocycles. The average molecular weight is 329 g/mol. The molecule has 130 valence electrons. The monoisotopic (exact) mass is 329 g/mol. The number of hydrogen-bond donors (Lipinski definition) is 1. The molecular formula is C19H27N3O2. The number of piperazine rings is 1. The zero-order chi connectivity index (χ0) is 17.3. The van der Waals surface area contributed by atoms with Crippen LogP contribution in [0.15, 0.2) is 24.3 Å². The highest BCUT2D eigenvalue weighted by Gasteiger charge is 2.41. The van der Waals surface area contributed by atoms with Gasteiger partial charge in [-0.05, 0) is 37.0 Å². The van der Waals surface area contributed by atoms with Gasteiger partial charge in [0.15, 0.2) is 0 Å². The standard InChI is InChI=1S/C19H27N3O2/c1-13(2)15-4-6-16(7-5-15)22-10-8-17(19(22)24)18(23)21-11-9-20-12-14(21)3/h4-7,13-14,17,20H,8-12H2,1-3H3/t14-,17?/m0/s1. The number of carbonyl (C=O) groups excluding carboxylic acids is 2. The lowest BCUT2D eigenvalue weighted by atomic mass is 10.0. The SMILES string of the molecule is CC(C)c1ccc(N2CCC(C(=O)N3CCNC[C@@H]3C)C2=O)cc1. The van der Waals surface area contributed by atoms with Gasteiger partial charge in [-0.2, -0.15) is 0 Å². The summed E-state index contributed by atoms with van der Waals surface area (Å²) in [5, 5.41) is 3.28. The number of rotatable bonds is 3. The number of anilines is 1. The Balaban J connectivity index is 1.71. The summed E-state index contributed by atoms with van der Waals surface area (Å²) >= 11 is 0.